The number of hydrogen-bond acceptors (Lipinski definition) is 6. The normalized spacial score (nSPS) is 13.7. The number of amides is 3. The summed E-state index contributed by atoms with van der Waals surface area (Å²) >= 11 is 7.56. The summed E-state index contributed by atoms with van der Waals surface area (Å²) in [6, 6.07) is 12.0. The molecule has 32 heavy (non-hydrogen) atoms. The quantitative estimate of drug-likeness (QED) is 0.529. The zero-order valence-electron chi connectivity index (χ0n) is 17.5. The van der Waals surface area contributed by atoms with Gasteiger partial charge in [-0.3, -0.25) is 19.7 Å². The van der Waals surface area contributed by atoms with E-state index in [1.807, 2.05) is 32.2 Å². The van der Waals surface area contributed by atoms with Crippen molar-refractivity contribution in [1.82, 2.24) is 4.98 Å². The summed E-state index contributed by atoms with van der Waals surface area (Å²) in [7, 11) is 0. The first-order chi connectivity index (χ1) is 15.2. The van der Waals surface area contributed by atoms with Crippen molar-refractivity contribution in [3.63, 3.8) is 0 Å². The minimum absolute atomic E-state index is 0.0380. The molecule has 1 aromatic heterocycles. The monoisotopic (exact) mass is 466 g/mol. The van der Waals surface area contributed by atoms with E-state index in [2.05, 4.69) is 15.6 Å². The third kappa shape index (κ3) is 4.28. The SMILES string of the molecule is Cc1cc(C)cc(N2C(=O)C(Cl)=C(Nc3cccc(C(=O)Nc4nc(C)cs4)c3)C2=O)c1. The van der Waals surface area contributed by atoms with E-state index < -0.39 is 11.8 Å². The molecule has 0 fully saturated rings. The Kier molecular flexibility index (Phi) is 5.82. The summed E-state index contributed by atoms with van der Waals surface area (Å²) in [4.78, 5) is 43.6. The molecule has 4 rings (SSSR count). The molecule has 0 saturated carbocycles. The zero-order valence-corrected chi connectivity index (χ0v) is 19.1. The van der Waals surface area contributed by atoms with Crippen molar-refractivity contribution >= 4 is 57.2 Å². The molecule has 2 N–H and O–H groups in total. The second-order valence-corrected chi connectivity index (χ2v) is 8.67. The summed E-state index contributed by atoms with van der Waals surface area (Å²) < 4.78 is 0. The Morgan fingerprint density at radius 3 is 2.41 bits per heavy atom. The maximum atomic E-state index is 13.0. The Morgan fingerprint density at radius 2 is 1.75 bits per heavy atom. The average Bonchev–Trinajstić information content (AvgIpc) is 3.23. The molecule has 0 radical (unpaired) electrons. The third-order valence-corrected chi connectivity index (χ3v) is 5.95. The van der Waals surface area contributed by atoms with Crippen LogP contribution in [0.5, 0.6) is 0 Å². The fourth-order valence-corrected chi connectivity index (χ4v) is 4.28. The summed E-state index contributed by atoms with van der Waals surface area (Å²) in [6.07, 6.45) is 0. The number of nitrogens with zero attached hydrogens (tertiary/aromatic N) is 2. The molecule has 1 aliphatic rings. The number of aryl methyl sites for hydroxylation is 3. The van der Waals surface area contributed by atoms with Crippen molar-refractivity contribution in [2.75, 3.05) is 15.5 Å². The number of anilines is 3. The van der Waals surface area contributed by atoms with Gasteiger partial charge in [-0.15, -0.1) is 11.3 Å². The fraction of sp³-hybridized carbons (Fsp3) is 0.130. The van der Waals surface area contributed by atoms with Gasteiger partial charge >= 0.3 is 0 Å². The fourth-order valence-electron chi connectivity index (χ4n) is 3.39. The summed E-state index contributed by atoms with van der Waals surface area (Å²) in [6.45, 7) is 5.62. The zero-order chi connectivity index (χ0) is 23.0. The van der Waals surface area contributed by atoms with Gasteiger partial charge in [0.25, 0.3) is 17.7 Å². The van der Waals surface area contributed by atoms with Crippen LogP contribution >= 0.6 is 22.9 Å². The van der Waals surface area contributed by atoms with E-state index in [1.54, 1.807) is 36.4 Å². The summed E-state index contributed by atoms with van der Waals surface area (Å²) in [5.41, 5.74) is 3.90. The number of halogens is 1. The number of thiazole rings is 1. The average molecular weight is 467 g/mol. The minimum atomic E-state index is -0.600. The Morgan fingerprint density at radius 1 is 1.03 bits per heavy atom. The minimum Gasteiger partial charge on any atom is -0.350 e. The molecule has 2 aromatic carbocycles. The molecule has 9 heteroatoms. The van der Waals surface area contributed by atoms with Gasteiger partial charge in [0.2, 0.25) is 0 Å². The van der Waals surface area contributed by atoms with Crippen LogP contribution in [-0.2, 0) is 9.59 Å². The number of nitrogens with one attached hydrogen (secondary N) is 2. The molecule has 0 aliphatic carbocycles. The van der Waals surface area contributed by atoms with Crippen LogP contribution < -0.4 is 15.5 Å². The van der Waals surface area contributed by atoms with Crippen LogP contribution in [-0.4, -0.2) is 22.7 Å². The van der Waals surface area contributed by atoms with E-state index in [0.717, 1.165) is 21.7 Å². The van der Waals surface area contributed by atoms with Crippen molar-refractivity contribution < 1.29 is 14.4 Å². The Hall–Kier alpha value is -3.49. The molecule has 0 atom stereocenters. The number of carbonyl (C=O) groups is 3. The van der Waals surface area contributed by atoms with Gasteiger partial charge in [-0.25, -0.2) is 9.88 Å². The first kappa shape index (κ1) is 21.7. The van der Waals surface area contributed by atoms with E-state index in [-0.39, 0.29) is 16.6 Å². The lowest BCUT2D eigenvalue weighted by Gasteiger charge is -2.16. The van der Waals surface area contributed by atoms with Crippen LogP contribution in [0.4, 0.5) is 16.5 Å². The third-order valence-electron chi connectivity index (χ3n) is 4.73. The van der Waals surface area contributed by atoms with Crippen LogP contribution in [0.15, 0.2) is 58.6 Å². The standard InChI is InChI=1S/C23H19ClN4O3S/c1-12-7-13(2)9-17(8-12)28-21(30)18(24)19(22(28)31)26-16-6-4-5-15(10-16)20(29)27-23-25-14(3)11-32-23/h4-11,26H,1-3H3,(H,25,27,29). The highest BCUT2D eigenvalue weighted by Crippen LogP contribution is 2.31. The molecule has 162 valence electrons. The van der Waals surface area contributed by atoms with Crippen LogP contribution in [0.3, 0.4) is 0 Å². The van der Waals surface area contributed by atoms with E-state index in [1.165, 1.54) is 11.3 Å². The first-order valence-corrected chi connectivity index (χ1v) is 11.0. The molecule has 0 spiro atoms. The lowest BCUT2D eigenvalue weighted by Crippen LogP contribution is -2.32. The largest absolute Gasteiger partial charge is 0.350 e. The molecule has 3 aromatic rings. The van der Waals surface area contributed by atoms with Gasteiger partial charge < -0.3 is 5.32 Å². The second-order valence-electron chi connectivity index (χ2n) is 7.43. The predicted octanol–water partition coefficient (Wildman–Crippen LogP) is 4.76. The van der Waals surface area contributed by atoms with Crippen molar-refractivity contribution in [2.24, 2.45) is 0 Å². The van der Waals surface area contributed by atoms with Gasteiger partial charge in [0.05, 0.1) is 11.4 Å². The highest BCUT2D eigenvalue weighted by molar-refractivity contribution is 7.13. The lowest BCUT2D eigenvalue weighted by molar-refractivity contribution is -0.120. The first-order valence-electron chi connectivity index (χ1n) is 9.70. The molecule has 3 amide bonds. The van der Waals surface area contributed by atoms with Crippen molar-refractivity contribution in [3.05, 3.63) is 81.0 Å². The summed E-state index contributed by atoms with van der Waals surface area (Å²) in [5, 5.41) is 7.77. The van der Waals surface area contributed by atoms with Crippen LogP contribution in [0, 0.1) is 20.8 Å². The van der Waals surface area contributed by atoms with Gasteiger partial charge in [-0.1, -0.05) is 23.7 Å². The molecule has 0 saturated heterocycles. The van der Waals surface area contributed by atoms with Gasteiger partial charge in [-0.05, 0) is 62.2 Å². The number of imide groups is 1. The van der Waals surface area contributed by atoms with E-state index in [4.69, 9.17) is 11.6 Å². The molecule has 0 bridgehead atoms. The predicted molar refractivity (Wildman–Crippen MR) is 126 cm³/mol. The lowest BCUT2D eigenvalue weighted by atomic mass is 10.1. The Labute approximate surface area is 193 Å². The van der Waals surface area contributed by atoms with Crippen LogP contribution in [0.25, 0.3) is 0 Å². The number of rotatable bonds is 5. The molecular formula is C23H19ClN4O3S. The number of carbonyl (C=O) groups excluding carboxylic acids is 3. The highest BCUT2D eigenvalue weighted by atomic mass is 35.5. The Balaban J connectivity index is 1.56. The van der Waals surface area contributed by atoms with Crippen molar-refractivity contribution in [3.8, 4) is 0 Å². The maximum Gasteiger partial charge on any atom is 0.283 e. The molecule has 0 unspecified atom stereocenters. The van der Waals surface area contributed by atoms with Crippen molar-refractivity contribution in [2.45, 2.75) is 20.8 Å². The molecular weight excluding hydrogens is 448 g/mol. The molecule has 1 aliphatic heterocycles. The van der Waals surface area contributed by atoms with Crippen molar-refractivity contribution in [1.29, 1.82) is 0 Å². The number of aromatic nitrogens is 1. The summed E-state index contributed by atoms with van der Waals surface area (Å²) in [5.74, 6) is -1.50. The van der Waals surface area contributed by atoms with Crippen LogP contribution in [0.1, 0.15) is 27.2 Å². The molecule has 2 heterocycles. The topological polar surface area (TPSA) is 91.4 Å². The van der Waals surface area contributed by atoms with E-state index in [0.29, 0.717) is 22.1 Å². The maximum absolute atomic E-state index is 13.0. The van der Waals surface area contributed by atoms with Gasteiger partial charge in [0.15, 0.2) is 5.13 Å². The van der Waals surface area contributed by atoms with E-state index in [9.17, 15) is 14.4 Å². The van der Waals surface area contributed by atoms with E-state index >= 15 is 0 Å². The smallest absolute Gasteiger partial charge is 0.283 e. The molecule has 7 nitrogen and oxygen atoms in total. The van der Waals surface area contributed by atoms with Crippen LogP contribution in [0.2, 0.25) is 0 Å². The van der Waals surface area contributed by atoms with Gasteiger partial charge in [0.1, 0.15) is 10.7 Å². The highest BCUT2D eigenvalue weighted by Gasteiger charge is 2.39. The van der Waals surface area contributed by atoms with Gasteiger partial charge in [0, 0.05) is 16.6 Å². The number of hydrogen-bond donors (Lipinski definition) is 2. The van der Waals surface area contributed by atoms with Gasteiger partial charge in [-0.2, -0.15) is 0 Å². The Bertz CT molecular complexity index is 1280. The number of benzene rings is 2. The second kappa shape index (κ2) is 8.57.